The molecule has 0 radical (unpaired) electrons. The van der Waals surface area contributed by atoms with Crippen molar-refractivity contribution in [3.63, 3.8) is 0 Å². The maximum absolute atomic E-state index is 8.95. The Kier molecular flexibility index (Phi) is 4.40. The zero-order valence-corrected chi connectivity index (χ0v) is 13.0. The summed E-state index contributed by atoms with van der Waals surface area (Å²) in [6, 6.07) is 26.1. The molecule has 3 aromatic rings. The Labute approximate surface area is 136 Å². The van der Waals surface area contributed by atoms with E-state index in [-0.39, 0.29) is 0 Å². The van der Waals surface area contributed by atoms with Gasteiger partial charge in [0.15, 0.2) is 0 Å². The number of rotatable bonds is 4. The van der Waals surface area contributed by atoms with Gasteiger partial charge in [0.1, 0.15) is 12.4 Å². The van der Waals surface area contributed by atoms with Crippen molar-refractivity contribution < 1.29 is 4.74 Å². The molecule has 0 bridgehead atoms. The zero-order chi connectivity index (χ0) is 16.1. The van der Waals surface area contributed by atoms with E-state index in [9.17, 15) is 0 Å². The van der Waals surface area contributed by atoms with Crippen LogP contribution in [0.4, 0.5) is 0 Å². The average molecular weight is 299 g/mol. The number of ether oxygens (including phenoxy) is 1. The van der Waals surface area contributed by atoms with Crippen LogP contribution in [-0.4, -0.2) is 0 Å². The average Bonchev–Trinajstić information content (AvgIpc) is 2.61. The molecule has 0 heterocycles. The van der Waals surface area contributed by atoms with Crippen molar-refractivity contribution in [1.29, 1.82) is 5.26 Å². The van der Waals surface area contributed by atoms with Gasteiger partial charge in [-0.25, -0.2) is 0 Å². The highest BCUT2D eigenvalue weighted by Gasteiger charge is 2.04. The standard InChI is InChI=1S/C21H17NO/c1-16-13-18(14-22)7-12-21(16)19-8-10-20(11-9-19)23-15-17-5-3-2-4-6-17/h2-13H,15H2,1H3. The first kappa shape index (κ1) is 14.9. The second kappa shape index (κ2) is 6.81. The molecule has 0 unspecified atom stereocenters. The fraction of sp³-hybridized carbons (Fsp3) is 0.0952. The fourth-order valence-electron chi connectivity index (χ4n) is 2.53. The van der Waals surface area contributed by atoms with E-state index in [4.69, 9.17) is 10.00 Å². The van der Waals surface area contributed by atoms with Crippen molar-refractivity contribution in [2.75, 3.05) is 0 Å². The SMILES string of the molecule is Cc1cc(C#N)ccc1-c1ccc(OCc2ccccc2)cc1. The lowest BCUT2D eigenvalue weighted by molar-refractivity contribution is 0.306. The molecule has 112 valence electrons. The first-order valence-electron chi connectivity index (χ1n) is 7.54. The summed E-state index contributed by atoms with van der Waals surface area (Å²) < 4.78 is 5.81. The molecule has 0 aromatic heterocycles. The molecule has 0 aliphatic heterocycles. The first-order valence-corrected chi connectivity index (χ1v) is 7.54. The van der Waals surface area contributed by atoms with E-state index in [1.165, 1.54) is 0 Å². The highest BCUT2D eigenvalue weighted by molar-refractivity contribution is 5.68. The van der Waals surface area contributed by atoms with Crippen LogP contribution in [0.2, 0.25) is 0 Å². The van der Waals surface area contributed by atoms with Crippen LogP contribution < -0.4 is 4.74 Å². The van der Waals surface area contributed by atoms with E-state index in [0.29, 0.717) is 12.2 Å². The lowest BCUT2D eigenvalue weighted by Crippen LogP contribution is -1.94. The monoisotopic (exact) mass is 299 g/mol. The van der Waals surface area contributed by atoms with Crippen molar-refractivity contribution in [3.05, 3.63) is 89.5 Å². The number of hydrogen-bond acceptors (Lipinski definition) is 2. The molecular formula is C21H17NO. The van der Waals surface area contributed by atoms with Crippen LogP contribution in [-0.2, 0) is 6.61 Å². The van der Waals surface area contributed by atoms with Gasteiger partial charge in [-0.05, 0) is 53.4 Å². The predicted octanol–water partition coefficient (Wildman–Crippen LogP) is 5.11. The number of aryl methyl sites for hydroxylation is 1. The number of nitrogens with zero attached hydrogens (tertiary/aromatic N) is 1. The molecule has 0 atom stereocenters. The van der Waals surface area contributed by atoms with Crippen molar-refractivity contribution in [1.82, 2.24) is 0 Å². The lowest BCUT2D eigenvalue weighted by atomic mass is 9.99. The smallest absolute Gasteiger partial charge is 0.119 e. The Morgan fingerprint density at radius 1 is 0.913 bits per heavy atom. The summed E-state index contributed by atoms with van der Waals surface area (Å²) in [5.41, 5.74) is 5.20. The number of nitriles is 1. The molecule has 0 saturated heterocycles. The van der Waals surface area contributed by atoms with Crippen LogP contribution >= 0.6 is 0 Å². The molecule has 0 spiro atoms. The molecule has 0 N–H and O–H groups in total. The van der Waals surface area contributed by atoms with Gasteiger partial charge >= 0.3 is 0 Å². The van der Waals surface area contributed by atoms with E-state index >= 15 is 0 Å². The van der Waals surface area contributed by atoms with Crippen molar-refractivity contribution in [2.45, 2.75) is 13.5 Å². The minimum Gasteiger partial charge on any atom is -0.489 e. The maximum Gasteiger partial charge on any atom is 0.119 e. The Hall–Kier alpha value is -3.05. The molecular weight excluding hydrogens is 282 g/mol. The normalized spacial score (nSPS) is 10.1. The van der Waals surface area contributed by atoms with Gasteiger partial charge < -0.3 is 4.74 Å². The van der Waals surface area contributed by atoms with Crippen molar-refractivity contribution in [3.8, 4) is 22.9 Å². The van der Waals surface area contributed by atoms with Gasteiger partial charge in [-0.2, -0.15) is 5.26 Å². The fourth-order valence-corrected chi connectivity index (χ4v) is 2.53. The van der Waals surface area contributed by atoms with E-state index in [1.54, 1.807) is 0 Å². The molecule has 3 aromatic carbocycles. The van der Waals surface area contributed by atoms with Gasteiger partial charge in [0.25, 0.3) is 0 Å². The third kappa shape index (κ3) is 3.59. The van der Waals surface area contributed by atoms with E-state index in [0.717, 1.165) is 28.0 Å². The summed E-state index contributed by atoms with van der Waals surface area (Å²) in [4.78, 5) is 0. The Bertz CT molecular complexity index is 830. The molecule has 0 fully saturated rings. The van der Waals surface area contributed by atoms with Crippen LogP contribution in [0.3, 0.4) is 0 Å². The van der Waals surface area contributed by atoms with Crippen LogP contribution in [0.25, 0.3) is 11.1 Å². The van der Waals surface area contributed by atoms with Gasteiger partial charge in [-0.3, -0.25) is 0 Å². The van der Waals surface area contributed by atoms with Crippen LogP contribution in [0.1, 0.15) is 16.7 Å². The molecule has 0 aliphatic carbocycles. The van der Waals surface area contributed by atoms with E-state index in [2.05, 4.69) is 30.3 Å². The topological polar surface area (TPSA) is 33.0 Å². The highest BCUT2D eigenvalue weighted by Crippen LogP contribution is 2.26. The second-order valence-electron chi connectivity index (χ2n) is 5.44. The van der Waals surface area contributed by atoms with Gasteiger partial charge in [0, 0.05) is 0 Å². The second-order valence-corrected chi connectivity index (χ2v) is 5.44. The van der Waals surface area contributed by atoms with Gasteiger partial charge in [-0.1, -0.05) is 48.5 Å². The summed E-state index contributed by atoms with van der Waals surface area (Å²) in [5, 5.41) is 8.95. The third-order valence-corrected chi connectivity index (χ3v) is 3.77. The Morgan fingerprint density at radius 3 is 2.30 bits per heavy atom. The predicted molar refractivity (Wildman–Crippen MR) is 92.1 cm³/mol. The maximum atomic E-state index is 8.95. The zero-order valence-electron chi connectivity index (χ0n) is 13.0. The molecule has 2 nitrogen and oxygen atoms in total. The van der Waals surface area contributed by atoms with Crippen molar-refractivity contribution in [2.24, 2.45) is 0 Å². The molecule has 0 aliphatic rings. The molecule has 2 heteroatoms. The third-order valence-electron chi connectivity index (χ3n) is 3.77. The molecule has 3 rings (SSSR count). The number of hydrogen-bond donors (Lipinski definition) is 0. The summed E-state index contributed by atoms with van der Waals surface area (Å²) in [7, 11) is 0. The summed E-state index contributed by atoms with van der Waals surface area (Å²) in [6.45, 7) is 2.59. The minimum absolute atomic E-state index is 0.566. The van der Waals surface area contributed by atoms with E-state index in [1.807, 2.05) is 55.5 Å². The first-order chi connectivity index (χ1) is 11.3. The van der Waals surface area contributed by atoms with E-state index < -0.39 is 0 Å². The van der Waals surface area contributed by atoms with Crippen molar-refractivity contribution >= 4 is 0 Å². The summed E-state index contributed by atoms with van der Waals surface area (Å²) >= 11 is 0. The lowest BCUT2D eigenvalue weighted by Gasteiger charge is -2.09. The molecule has 23 heavy (non-hydrogen) atoms. The Balaban J connectivity index is 1.73. The van der Waals surface area contributed by atoms with Gasteiger partial charge in [0.05, 0.1) is 11.6 Å². The molecule has 0 amide bonds. The number of benzene rings is 3. The molecule has 0 saturated carbocycles. The van der Waals surface area contributed by atoms with Gasteiger partial charge in [-0.15, -0.1) is 0 Å². The van der Waals surface area contributed by atoms with Crippen LogP contribution in [0.5, 0.6) is 5.75 Å². The summed E-state index contributed by atoms with van der Waals surface area (Å²) in [6.07, 6.45) is 0. The van der Waals surface area contributed by atoms with Crippen LogP contribution in [0.15, 0.2) is 72.8 Å². The quantitative estimate of drug-likeness (QED) is 0.670. The minimum atomic E-state index is 0.566. The van der Waals surface area contributed by atoms with Crippen LogP contribution in [0, 0.1) is 18.3 Å². The van der Waals surface area contributed by atoms with Gasteiger partial charge in [0.2, 0.25) is 0 Å². The highest BCUT2D eigenvalue weighted by atomic mass is 16.5. The Morgan fingerprint density at radius 2 is 1.65 bits per heavy atom. The largest absolute Gasteiger partial charge is 0.489 e. The summed E-state index contributed by atoms with van der Waals surface area (Å²) in [5.74, 6) is 0.851.